The summed E-state index contributed by atoms with van der Waals surface area (Å²) in [6, 6.07) is 15.1. The van der Waals surface area contributed by atoms with E-state index in [0.717, 1.165) is 12.1 Å². The van der Waals surface area contributed by atoms with Crippen molar-refractivity contribution >= 4 is 23.2 Å². The average molecular weight is 382 g/mol. The number of nitrogens with one attached hydrogen (secondary N) is 2. The molecule has 0 bridgehead atoms. The van der Waals surface area contributed by atoms with E-state index in [1.165, 1.54) is 49.6 Å². The second kappa shape index (κ2) is 8.30. The third-order valence-corrected chi connectivity index (χ3v) is 3.88. The van der Waals surface area contributed by atoms with Crippen molar-refractivity contribution in [3.8, 4) is 5.75 Å². The minimum absolute atomic E-state index is 0.135. The first-order valence-electron chi connectivity index (χ1n) is 8.28. The molecule has 7 heteroatoms. The van der Waals surface area contributed by atoms with E-state index in [0.29, 0.717) is 11.4 Å². The van der Waals surface area contributed by atoms with Gasteiger partial charge in [-0.2, -0.15) is 0 Å². The summed E-state index contributed by atoms with van der Waals surface area (Å²) in [6.45, 7) is 0. The molecule has 0 unspecified atom stereocenters. The fourth-order valence-corrected chi connectivity index (χ4v) is 2.54. The fraction of sp³-hybridized carbons (Fsp3) is 0.0476. The van der Waals surface area contributed by atoms with Crippen LogP contribution in [0.2, 0.25) is 0 Å². The number of benzene rings is 3. The van der Waals surface area contributed by atoms with Crippen LogP contribution in [-0.4, -0.2) is 18.9 Å². The summed E-state index contributed by atoms with van der Waals surface area (Å²) in [5, 5.41) is 5.25. The van der Waals surface area contributed by atoms with E-state index in [4.69, 9.17) is 4.74 Å². The highest BCUT2D eigenvalue weighted by atomic mass is 19.1. The maximum absolute atomic E-state index is 13.3. The number of hydrogen-bond donors (Lipinski definition) is 2. The van der Waals surface area contributed by atoms with Crippen LogP contribution in [-0.2, 0) is 0 Å². The summed E-state index contributed by atoms with van der Waals surface area (Å²) < 4.78 is 31.8. The first-order chi connectivity index (χ1) is 13.5. The number of methoxy groups -OCH3 is 1. The molecule has 0 aliphatic rings. The number of carbonyl (C=O) groups excluding carboxylic acids is 2. The predicted molar refractivity (Wildman–Crippen MR) is 102 cm³/mol. The Balaban J connectivity index is 1.81. The molecule has 0 aromatic heterocycles. The number of ether oxygens (including phenoxy) is 1. The summed E-state index contributed by atoms with van der Waals surface area (Å²) in [5.74, 6) is -1.74. The Kier molecular flexibility index (Phi) is 5.64. The van der Waals surface area contributed by atoms with E-state index in [2.05, 4.69) is 10.6 Å². The standard InChI is InChI=1S/C21H16F2N2O3/c1-28-19-9-8-17(24-20(26)13-4-2-6-15(22)10-13)12-18(19)25-21(27)14-5-3-7-16(23)11-14/h2-12H,1H3,(H,24,26)(H,25,27). The SMILES string of the molecule is COc1ccc(NC(=O)c2cccc(F)c2)cc1NC(=O)c1cccc(F)c1. The van der Waals surface area contributed by atoms with Crippen LogP contribution in [0.1, 0.15) is 20.7 Å². The maximum Gasteiger partial charge on any atom is 0.255 e. The lowest BCUT2D eigenvalue weighted by atomic mass is 10.1. The van der Waals surface area contributed by atoms with Crippen molar-refractivity contribution in [1.29, 1.82) is 0 Å². The van der Waals surface area contributed by atoms with E-state index in [1.807, 2.05) is 0 Å². The molecule has 2 N–H and O–H groups in total. The normalized spacial score (nSPS) is 10.2. The van der Waals surface area contributed by atoms with Crippen LogP contribution in [0.25, 0.3) is 0 Å². The van der Waals surface area contributed by atoms with Crippen LogP contribution in [0.3, 0.4) is 0 Å². The number of carbonyl (C=O) groups is 2. The first-order valence-corrected chi connectivity index (χ1v) is 8.28. The lowest BCUT2D eigenvalue weighted by Gasteiger charge is -2.13. The quantitative estimate of drug-likeness (QED) is 0.684. The fourth-order valence-electron chi connectivity index (χ4n) is 2.54. The molecular weight excluding hydrogens is 366 g/mol. The zero-order valence-electron chi connectivity index (χ0n) is 14.8. The average Bonchev–Trinajstić information content (AvgIpc) is 2.68. The highest BCUT2D eigenvalue weighted by Crippen LogP contribution is 2.28. The van der Waals surface area contributed by atoms with Gasteiger partial charge in [0.1, 0.15) is 17.4 Å². The summed E-state index contributed by atoms with van der Waals surface area (Å²) >= 11 is 0. The summed E-state index contributed by atoms with van der Waals surface area (Å²) in [7, 11) is 1.43. The third kappa shape index (κ3) is 4.50. The lowest BCUT2D eigenvalue weighted by molar-refractivity contribution is 0.101. The zero-order chi connectivity index (χ0) is 20.1. The van der Waals surface area contributed by atoms with Crippen LogP contribution in [0.15, 0.2) is 66.7 Å². The largest absolute Gasteiger partial charge is 0.495 e. The zero-order valence-corrected chi connectivity index (χ0v) is 14.8. The first kappa shape index (κ1) is 19.0. The molecule has 3 aromatic carbocycles. The number of amides is 2. The van der Waals surface area contributed by atoms with Crippen molar-refractivity contribution < 1.29 is 23.1 Å². The van der Waals surface area contributed by atoms with E-state index >= 15 is 0 Å². The van der Waals surface area contributed by atoms with Crippen molar-refractivity contribution in [2.75, 3.05) is 17.7 Å². The van der Waals surface area contributed by atoms with Crippen LogP contribution >= 0.6 is 0 Å². The number of anilines is 2. The number of rotatable bonds is 5. The Labute approximate surface area is 160 Å². The van der Waals surface area contributed by atoms with Gasteiger partial charge < -0.3 is 15.4 Å². The van der Waals surface area contributed by atoms with Crippen molar-refractivity contribution in [3.05, 3.63) is 89.5 Å². The van der Waals surface area contributed by atoms with Gasteiger partial charge in [-0.3, -0.25) is 9.59 Å². The van der Waals surface area contributed by atoms with Crippen LogP contribution < -0.4 is 15.4 Å². The van der Waals surface area contributed by atoms with Gasteiger partial charge in [-0.25, -0.2) is 8.78 Å². The van der Waals surface area contributed by atoms with Crippen molar-refractivity contribution in [1.82, 2.24) is 0 Å². The second-order valence-corrected chi connectivity index (χ2v) is 5.84. The highest BCUT2D eigenvalue weighted by molar-refractivity contribution is 6.07. The smallest absolute Gasteiger partial charge is 0.255 e. The van der Waals surface area contributed by atoms with E-state index in [9.17, 15) is 18.4 Å². The Bertz CT molecular complexity index is 1040. The minimum Gasteiger partial charge on any atom is -0.495 e. The van der Waals surface area contributed by atoms with Gasteiger partial charge in [-0.15, -0.1) is 0 Å². The summed E-state index contributed by atoms with van der Waals surface area (Å²) in [4.78, 5) is 24.6. The Morgan fingerprint density at radius 2 is 1.36 bits per heavy atom. The van der Waals surface area contributed by atoms with Crippen LogP contribution in [0.4, 0.5) is 20.2 Å². The third-order valence-electron chi connectivity index (χ3n) is 3.88. The van der Waals surface area contributed by atoms with Gasteiger partial charge in [0.05, 0.1) is 12.8 Å². The molecule has 0 saturated carbocycles. The van der Waals surface area contributed by atoms with Gasteiger partial charge in [0.25, 0.3) is 11.8 Å². The van der Waals surface area contributed by atoms with Gasteiger partial charge in [0.15, 0.2) is 0 Å². The molecule has 0 fully saturated rings. The molecule has 5 nitrogen and oxygen atoms in total. The van der Waals surface area contributed by atoms with Crippen molar-refractivity contribution in [3.63, 3.8) is 0 Å². The molecule has 0 spiro atoms. The number of hydrogen-bond acceptors (Lipinski definition) is 3. The molecule has 0 aliphatic carbocycles. The van der Waals surface area contributed by atoms with Crippen molar-refractivity contribution in [2.45, 2.75) is 0 Å². The molecule has 0 aliphatic heterocycles. The maximum atomic E-state index is 13.3. The molecule has 3 aromatic rings. The Hall–Kier alpha value is -3.74. The minimum atomic E-state index is -0.536. The van der Waals surface area contributed by atoms with Crippen LogP contribution in [0.5, 0.6) is 5.75 Å². The molecule has 28 heavy (non-hydrogen) atoms. The van der Waals surface area contributed by atoms with E-state index < -0.39 is 23.4 Å². The molecule has 0 radical (unpaired) electrons. The summed E-state index contributed by atoms with van der Waals surface area (Å²) in [6.07, 6.45) is 0. The van der Waals surface area contributed by atoms with E-state index in [-0.39, 0.29) is 16.8 Å². The topological polar surface area (TPSA) is 67.4 Å². The van der Waals surface area contributed by atoms with Gasteiger partial charge in [0, 0.05) is 16.8 Å². The predicted octanol–water partition coefficient (Wildman–Crippen LogP) is 4.48. The molecule has 142 valence electrons. The highest BCUT2D eigenvalue weighted by Gasteiger charge is 2.13. The number of halogens is 2. The Morgan fingerprint density at radius 1 is 0.786 bits per heavy atom. The lowest BCUT2D eigenvalue weighted by Crippen LogP contribution is -2.15. The van der Waals surface area contributed by atoms with Crippen LogP contribution in [0, 0.1) is 11.6 Å². The van der Waals surface area contributed by atoms with Gasteiger partial charge in [-0.05, 0) is 54.6 Å². The van der Waals surface area contributed by atoms with Crippen molar-refractivity contribution in [2.24, 2.45) is 0 Å². The second-order valence-electron chi connectivity index (χ2n) is 5.84. The Morgan fingerprint density at radius 3 is 1.89 bits per heavy atom. The van der Waals surface area contributed by atoms with Gasteiger partial charge in [0.2, 0.25) is 0 Å². The van der Waals surface area contributed by atoms with E-state index in [1.54, 1.807) is 12.1 Å². The molecule has 0 saturated heterocycles. The monoisotopic (exact) mass is 382 g/mol. The molecule has 0 heterocycles. The molecular formula is C21H16F2N2O3. The molecule has 0 atom stereocenters. The van der Waals surface area contributed by atoms with Gasteiger partial charge in [-0.1, -0.05) is 12.1 Å². The molecule has 3 rings (SSSR count). The van der Waals surface area contributed by atoms with Gasteiger partial charge >= 0.3 is 0 Å². The molecule has 2 amide bonds. The summed E-state index contributed by atoms with van der Waals surface area (Å²) in [5.41, 5.74) is 0.941.